The smallest absolute Gasteiger partial charge is 0.251 e. The average molecular weight is 345 g/mol. The minimum atomic E-state index is -0.0758. The van der Waals surface area contributed by atoms with Gasteiger partial charge in [0.05, 0.1) is 12.6 Å². The summed E-state index contributed by atoms with van der Waals surface area (Å²) in [5.41, 5.74) is 3.75. The monoisotopic (exact) mass is 345 g/mol. The average Bonchev–Trinajstić information content (AvgIpc) is 3.09. The summed E-state index contributed by atoms with van der Waals surface area (Å²) in [6.07, 6.45) is 4.48. The summed E-state index contributed by atoms with van der Waals surface area (Å²) in [5.74, 6) is 0.750. The van der Waals surface area contributed by atoms with Gasteiger partial charge in [-0.25, -0.2) is 0 Å². The van der Waals surface area contributed by atoms with Crippen molar-refractivity contribution in [2.45, 2.75) is 6.42 Å². The van der Waals surface area contributed by atoms with E-state index in [0.29, 0.717) is 12.1 Å². The molecule has 0 aliphatic rings. The van der Waals surface area contributed by atoms with Gasteiger partial charge in [-0.2, -0.15) is 0 Å². The van der Waals surface area contributed by atoms with Crippen LogP contribution >= 0.6 is 0 Å². The Morgan fingerprint density at radius 1 is 1.19 bits per heavy atom. The molecule has 0 bridgehead atoms. The highest BCUT2D eigenvalue weighted by Crippen LogP contribution is 2.23. The highest BCUT2D eigenvalue weighted by Gasteiger charge is 2.08. The summed E-state index contributed by atoms with van der Waals surface area (Å²) in [6, 6.07) is 15.3. The number of ether oxygens (including phenoxy) is 1. The summed E-state index contributed by atoms with van der Waals surface area (Å²) in [7, 11) is 1.66. The molecule has 1 amide bonds. The summed E-state index contributed by atoms with van der Waals surface area (Å²) >= 11 is 0. The molecule has 2 heterocycles. The van der Waals surface area contributed by atoms with Crippen molar-refractivity contribution in [1.29, 1.82) is 0 Å². The molecular weight excluding hydrogens is 326 g/mol. The van der Waals surface area contributed by atoms with Gasteiger partial charge in [-0.05, 0) is 54.4 Å². The van der Waals surface area contributed by atoms with Crippen LogP contribution in [0, 0.1) is 0 Å². The molecule has 0 saturated heterocycles. The van der Waals surface area contributed by atoms with Gasteiger partial charge in [0.2, 0.25) is 0 Å². The Morgan fingerprint density at radius 3 is 3.00 bits per heavy atom. The van der Waals surface area contributed by atoms with Crippen LogP contribution in [0.2, 0.25) is 0 Å². The first-order chi connectivity index (χ1) is 12.7. The van der Waals surface area contributed by atoms with Crippen molar-refractivity contribution in [3.05, 3.63) is 72.1 Å². The lowest BCUT2D eigenvalue weighted by molar-refractivity contribution is 0.0954. The van der Waals surface area contributed by atoms with Crippen LogP contribution in [0.3, 0.4) is 0 Å². The fourth-order valence-electron chi connectivity index (χ4n) is 3.12. The van der Waals surface area contributed by atoms with Crippen LogP contribution < -0.4 is 10.1 Å². The number of nitrogens with zero attached hydrogens (tertiary/aromatic N) is 1. The lowest BCUT2D eigenvalue weighted by atomic mass is 10.1. The standard InChI is InChI=1S/C21H19N3O2/c1-26-17-5-7-20-18(12-17)16(13-24-20)8-10-23-21(25)15-4-6-19-14(11-15)3-2-9-22-19/h2-7,9,11-13,24H,8,10H2,1H3,(H,23,25). The number of hydrogen-bond donors (Lipinski definition) is 2. The fourth-order valence-corrected chi connectivity index (χ4v) is 3.12. The SMILES string of the molecule is COc1ccc2[nH]cc(CCNC(=O)c3ccc4ncccc4c3)c2c1. The Labute approximate surface area is 151 Å². The third kappa shape index (κ3) is 3.11. The number of pyridine rings is 1. The van der Waals surface area contributed by atoms with E-state index in [4.69, 9.17) is 4.74 Å². The van der Waals surface area contributed by atoms with Crippen LogP contribution in [-0.4, -0.2) is 29.5 Å². The molecule has 0 atom stereocenters. The number of fused-ring (bicyclic) bond motifs is 2. The predicted octanol–water partition coefficient (Wildman–Crippen LogP) is 3.70. The quantitative estimate of drug-likeness (QED) is 0.580. The molecule has 4 rings (SSSR count). The van der Waals surface area contributed by atoms with Gasteiger partial charge in [-0.3, -0.25) is 9.78 Å². The van der Waals surface area contributed by atoms with Crippen LogP contribution in [0.15, 0.2) is 60.9 Å². The molecule has 2 aromatic carbocycles. The Hall–Kier alpha value is -3.34. The zero-order valence-electron chi connectivity index (χ0n) is 14.5. The molecule has 0 spiro atoms. The number of H-pyrrole nitrogens is 1. The van der Waals surface area contributed by atoms with Gasteiger partial charge in [0.1, 0.15) is 5.75 Å². The van der Waals surface area contributed by atoms with E-state index in [-0.39, 0.29) is 5.91 Å². The van der Waals surface area contributed by atoms with E-state index in [2.05, 4.69) is 15.3 Å². The van der Waals surface area contributed by atoms with E-state index in [1.54, 1.807) is 19.4 Å². The Morgan fingerprint density at radius 2 is 2.12 bits per heavy atom. The maximum atomic E-state index is 12.4. The summed E-state index contributed by atoms with van der Waals surface area (Å²) in [5, 5.41) is 5.07. The van der Waals surface area contributed by atoms with Gasteiger partial charge in [0.25, 0.3) is 5.91 Å². The maximum Gasteiger partial charge on any atom is 0.251 e. The van der Waals surface area contributed by atoms with Crippen molar-refractivity contribution in [3.8, 4) is 5.75 Å². The van der Waals surface area contributed by atoms with Crippen molar-refractivity contribution >= 4 is 27.7 Å². The highest BCUT2D eigenvalue weighted by atomic mass is 16.5. The molecule has 0 unspecified atom stereocenters. The second-order valence-corrected chi connectivity index (χ2v) is 6.14. The van der Waals surface area contributed by atoms with E-state index in [1.165, 1.54) is 0 Å². The van der Waals surface area contributed by atoms with Crippen molar-refractivity contribution in [2.24, 2.45) is 0 Å². The highest BCUT2D eigenvalue weighted by molar-refractivity contribution is 5.97. The molecule has 5 heteroatoms. The van der Waals surface area contributed by atoms with E-state index in [9.17, 15) is 4.79 Å². The minimum Gasteiger partial charge on any atom is -0.497 e. The number of amides is 1. The number of benzene rings is 2. The summed E-state index contributed by atoms with van der Waals surface area (Å²) < 4.78 is 5.29. The van der Waals surface area contributed by atoms with Crippen molar-refractivity contribution < 1.29 is 9.53 Å². The zero-order chi connectivity index (χ0) is 17.9. The molecule has 0 aliphatic heterocycles. The molecule has 2 aromatic heterocycles. The molecular formula is C21H19N3O2. The Balaban J connectivity index is 1.44. The molecule has 26 heavy (non-hydrogen) atoms. The molecule has 2 N–H and O–H groups in total. The van der Waals surface area contributed by atoms with Gasteiger partial charge >= 0.3 is 0 Å². The third-order valence-electron chi connectivity index (χ3n) is 4.52. The topological polar surface area (TPSA) is 67.0 Å². The van der Waals surface area contributed by atoms with E-state index in [0.717, 1.165) is 39.5 Å². The van der Waals surface area contributed by atoms with Gasteiger partial charge in [0, 0.05) is 40.8 Å². The maximum absolute atomic E-state index is 12.4. The number of aromatic amines is 1. The first-order valence-electron chi connectivity index (χ1n) is 8.51. The largest absolute Gasteiger partial charge is 0.497 e. The first-order valence-corrected chi connectivity index (χ1v) is 8.51. The number of aromatic nitrogens is 2. The minimum absolute atomic E-state index is 0.0758. The molecule has 4 aromatic rings. The van der Waals surface area contributed by atoms with E-state index in [1.807, 2.05) is 48.7 Å². The number of rotatable bonds is 5. The van der Waals surface area contributed by atoms with Crippen molar-refractivity contribution in [1.82, 2.24) is 15.3 Å². The van der Waals surface area contributed by atoms with Gasteiger partial charge in [-0.1, -0.05) is 6.07 Å². The Kier molecular flexibility index (Phi) is 4.27. The number of methoxy groups -OCH3 is 1. The molecule has 0 radical (unpaired) electrons. The third-order valence-corrected chi connectivity index (χ3v) is 4.52. The van der Waals surface area contributed by atoms with Crippen molar-refractivity contribution in [2.75, 3.05) is 13.7 Å². The fraction of sp³-hybridized carbons (Fsp3) is 0.143. The first kappa shape index (κ1) is 16.1. The molecule has 130 valence electrons. The van der Waals surface area contributed by atoms with Crippen LogP contribution in [-0.2, 0) is 6.42 Å². The molecule has 0 fully saturated rings. The molecule has 0 aliphatic carbocycles. The predicted molar refractivity (Wildman–Crippen MR) is 103 cm³/mol. The second-order valence-electron chi connectivity index (χ2n) is 6.14. The Bertz CT molecular complexity index is 1080. The number of hydrogen-bond acceptors (Lipinski definition) is 3. The second kappa shape index (κ2) is 6.88. The lowest BCUT2D eigenvalue weighted by Crippen LogP contribution is -2.25. The van der Waals surface area contributed by atoms with Crippen LogP contribution in [0.5, 0.6) is 5.75 Å². The van der Waals surface area contributed by atoms with Gasteiger partial charge in [0.15, 0.2) is 0 Å². The summed E-state index contributed by atoms with van der Waals surface area (Å²) in [4.78, 5) is 20.0. The summed E-state index contributed by atoms with van der Waals surface area (Å²) in [6.45, 7) is 0.564. The zero-order valence-corrected chi connectivity index (χ0v) is 14.5. The molecule has 5 nitrogen and oxygen atoms in total. The van der Waals surface area contributed by atoms with Gasteiger partial charge < -0.3 is 15.0 Å². The van der Waals surface area contributed by atoms with Crippen LogP contribution in [0.1, 0.15) is 15.9 Å². The molecule has 0 saturated carbocycles. The normalized spacial score (nSPS) is 11.0. The van der Waals surface area contributed by atoms with Gasteiger partial charge in [-0.15, -0.1) is 0 Å². The number of carbonyl (C=O) groups excluding carboxylic acids is 1. The van der Waals surface area contributed by atoms with E-state index < -0.39 is 0 Å². The van der Waals surface area contributed by atoms with E-state index >= 15 is 0 Å². The van der Waals surface area contributed by atoms with Crippen LogP contribution in [0.25, 0.3) is 21.8 Å². The number of carbonyl (C=O) groups is 1. The van der Waals surface area contributed by atoms with Crippen LogP contribution in [0.4, 0.5) is 0 Å². The lowest BCUT2D eigenvalue weighted by Gasteiger charge is -2.06. The number of nitrogens with one attached hydrogen (secondary N) is 2. The van der Waals surface area contributed by atoms with Crippen molar-refractivity contribution in [3.63, 3.8) is 0 Å².